The quantitative estimate of drug-likeness (QED) is 0.208. The number of nitrogens with one attached hydrogen (secondary N) is 1. The first-order valence-electron chi connectivity index (χ1n) is 13.9. The Bertz CT molecular complexity index is 1780. The molecule has 2 heterocycles. The van der Waals surface area contributed by atoms with E-state index >= 15 is 0 Å². The highest BCUT2D eigenvalue weighted by molar-refractivity contribution is 8.15. The SMILES string of the molecule is COc1cc(OCc2ncn(-c3ccc(OC(F)(F)F)cc3)n2)ccc1NC(=O)/N=C1\SCC(=O)N1c1cc(C)ccc1C(C)C. The predicted molar refractivity (Wildman–Crippen MR) is 167 cm³/mol. The molecule has 3 amide bonds. The number of aryl methyl sites for hydroxylation is 1. The number of halogens is 3. The zero-order valence-corrected chi connectivity index (χ0v) is 26.0. The maximum atomic E-state index is 13.0. The van der Waals surface area contributed by atoms with Gasteiger partial charge in [0.05, 0.1) is 29.9 Å². The van der Waals surface area contributed by atoms with Gasteiger partial charge in [-0.1, -0.05) is 37.7 Å². The number of benzene rings is 3. The minimum Gasteiger partial charge on any atom is -0.494 e. The molecule has 0 aliphatic carbocycles. The number of hydrogen-bond donors (Lipinski definition) is 1. The van der Waals surface area contributed by atoms with Crippen LogP contribution < -0.4 is 24.4 Å². The van der Waals surface area contributed by atoms with Gasteiger partial charge in [-0.3, -0.25) is 9.69 Å². The molecule has 240 valence electrons. The maximum absolute atomic E-state index is 13.0. The zero-order chi connectivity index (χ0) is 33.0. The fourth-order valence-electron chi connectivity index (χ4n) is 4.55. The molecule has 0 saturated carbocycles. The number of anilines is 2. The number of carbonyl (C=O) groups is 2. The van der Waals surface area contributed by atoms with Crippen molar-refractivity contribution >= 4 is 40.2 Å². The number of urea groups is 1. The standard InChI is InChI=1S/C31H29F3N6O5S/c1-18(2)23-11-5-19(3)13-25(23)40-28(41)16-46-30(40)37-29(42)36-24-12-10-22(14-26(24)43-4)44-15-27-35-17-39(38-27)20-6-8-21(9-7-20)45-31(32,33)34/h5-14,17-18H,15-16H2,1-4H3,(H,36,42)/b37-30-. The van der Waals surface area contributed by atoms with E-state index < -0.39 is 12.4 Å². The summed E-state index contributed by atoms with van der Waals surface area (Å²) in [6, 6.07) is 15.2. The summed E-state index contributed by atoms with van der Waals surface area (Å²) >= 11 is 1.19. The number of carbonyl (C=O) groups excluding carboxylic acids is 2. The minimum absolute atomic E-state index is 0.0246. The molecular weight excluding hydrogens is 625 g/mol. The van der Waals surface area contributed by atoms with E-state index in [0.717, 1.165) is 11.1 Å². The van der Waals surface area contributed by atoms with Crippen molar-refractivity contribution in [2.75, 3.05) is 23.1 Å². The van der Waals surface area contributed by atoms with Gasteiger partial charge in [0.1, 0.15) is 30.2 Å². The van der Waals surface area contributed by atoms with Crippen molar-refractivity contribution in [2.24, 2.45) is 4.99 Å². The Morgan fingerprint density at radius 3 is 2.52 bits per heavy atom. The van der Waals surface area contributed by atoms with Crippen LogP contribution in [0, 0.1) is 6.92 Å². The van der Waals surface area contributed by atoms with Crippen LogP contribution in [-0.4, -0.2) is 51.1 Å². The molecule has 0 spiro atoms. The fourth-order valence-corrected chi connectivity index (χ4v) is 5.41. The van der Waals surface area contributed by atoms with E-state index in [0.29, 0.717) is 34.4 Å². The number of aliphatic imine (C=N–C) groups is 1. The smallest absolute Gasteiger partial charge is 0.494 e. The third-order valence-electron chi connectivity index (χ3n) is 6.67. The van der Waals surface area contributed by atoms with Crippen molar-refractivity contribution in [3.63, 3.8) is 0 Å². The Morgan fingerprint density at radius 2 is 1.83 bits per heavy atom. The minimum atomic E-state index is -4.78. The number of thioether (sulfide) groups is 1. The van der Waals surface area contributed by atoms with Crippen LogP contribution in [0.1, 0.15) is 36.7 Å². The summed E-state index contributed by atoms with van der Waals surface area (Å²) in [4.78, 5) is 35.7. The molecule has 5 rings (SSSR count). The fraction of sp³-hybridized carbons (Fsp3) is 0.258. The normalized spacial score (nSPS) is 14.2. The molecule has 1 aliphatic rings. The molecule has 15 heteroatoms. The highest BCUT2D eigenvalue weighted by atomic mass is 32.2. The lowest BCUT2D eigenvalue weighted by Gasteiger charge is -2.22. The van der Waals surface area contributed by atoms with Gasteiger partial charge in [0.15, 0.2) is 11.0 Å². The van der Waals surface area contributed by atoms with Gasteiger partial charge < -0.3 is 19.5 Å². The van der Waals surface area contributed by atoms with Crippen LogP contribution in [-0.2, 0) is 11.4 Å². The van der Waals surface area contributed by atoms with Gasteiger partial charge in [-0.05, 0) is 66.4 Å². The third kappa shape index (κ3) is 7.77. The molecule has 46 heavy (non-hydrogen) atoms. The molecule has 3 aromatic carbocycles. The van der Waals surface area contributed by atoms with Crippen LogP contribution in [0.5, 0.6) is 17.2 Å². The molecule has 1 N–H and O–H groups in total. The molecule has 11 nitrogen and oxygen atoms in total. The van der Waals surface area contributed by atoms with E-state index in [1.807, 2.05) is 39.0 Å². The Kier molecular flexibility index (Phi) is 9.51. The number of amides is 3. The van der Waals surface area contributed by atoms with Crippen molar-refractivity contribution in [1.82, 2.24) is 14.8 Å². The lowest BCUT2D eigenvalue weighted by atomic mass is 9.99. The van der Waals surface area contributed by atoms with E-state index in [1.54, 1.807) is 18.2 Å². The van der Waals surface area contributed by atoms with Crippen LogP contribution in [0.25, 0.3) is 5.69 Å². The summed E-state index contributed by atoms with van der Waals surface area (Å²) < 4.78 is 53.7. The number of ether oxygens (including phenoxy) is 3. The van der Waals surface area contributed by atoms with Crippen LogP contribution in [0.4, 0.5) is 29.3 Å². The van der Waals surface area contributed by atoms with Crippen LogP contribution in [0.3, 0.4) is 0 Å². The van der Waals surface area contributed by atoms with Crippen molar-refractivity contribution in [2.45, 2.75) is 39.7 Å². The first kappa shape index (κ1) is 32.3. The number of hydrogen-bond acceptors (Lipinski definition) is 8. The van der Waals surface area contributed by atoms with Crippen LogP contribution >= 0.6 is 11.8 Å². The van der Waals surface area contributed by atoms with Gasteiger partial charge in [0.25, 0.3) is 0 Å². The summed E-state index contributed by atoms with van der Waals surface area (Å²) in [5, 5.41) is 7.27. The second kappa shape index (κ2) is 13.5. The second-order valence-electron chi connectivity index (χ2n) is 10.4. The number of aromatic nitrogens is 3. The predicted octanol–water partition coefficient (Wildman–Crippen LogP) is 6.85. The summed E-state index contributed by atoms with van der Waals surface area (Å²) in [5.74, 6) is 0.832. The zero-order valence-electron chi connectivity index (χ0n) is 25.2. The lowest BCUT2D eigenvalue weighted by Crippen LogP contribution is -2.31. The molecule has 1 saturated heterocycles. The van der Waals surface area contributed by atoms with E-state index in [2.05, 4.69) is 25.1 Å². The van der Waals surface area contributed by atoms with Crippen LogP contribution in [0.2, 0.25) is 0 Å². The van der Waals surface area contributed by atoms with Crippen molar-refractivity contribution in [3.8, 4) is 22.9 Å². The first-order chi connectivity index (χ1) is 21.9. The number of methoxy groups -OCH3 is 1. The second-order valence-corrected chi connectivity index (χ2v) is 11.3. The maximum Gasteiger partial charge on any atom is 0.573 e. The first-order valence-corrected chi connectivity index (χ1v) is 14.9. The van der Waals surface area contributed by atoms with E-state index in [1.165, 1.54) is 59.0 Å². The van der Waals surface area contributed by atoms with Gasteiger partial charge in [0, 0.05) is 6.07 Å². The summed E-state index contributed by atoms with van der Waals surface area (Å²) in [6.45, 7) is 5.99. The molecule has 0 radical (unpaired) electrons. The molecule has 0 atom stereocenters. The largest absolute Gasteiger partial charge is 0.573 e. The van der Waals surface area contributed by atoms with Gasteiger partial charge in [-0.15, -0.1) is 18.3 Å². The highest BCUT2D eigenvalue weighted by Crippen LogP contribution is 2.35. The Hall–Kier alpha value is -5.05. The highest BCUT2D eigenvalue weighted by Gasteiger charge is 2.33. The van der Waals surface area contributed by atoms with Crippen molar-refractivity contribution in [1.29, 1.82) is 0 Å². The topological polar surface area (TPSA) is 120 Å². The van der Waals surface area contributed by atoms with E-state index in [-0.39, 0.29) is 35.1 Å². The average Bonchev–Trinajstić information content (AvgIpc) is 3.62. The summed E-state index contributed by atoms with van der Waals surface area (Å²) in [5.41, 5.74) is 3.48. The van der Waals surface area contributed by atoms with Gasteiger partial charge in [0.2, 0.25) is 5.91 Å². The Balaban J connectivity index is 1.24. The molecular formula is C31H29F3N6O5S. The van der Waals surface area contributed by atoms with Crippen LogP contribution in [0.15, 0.2) is 72.0 Å². The van der Waals surface area contributed by atoms with E-state index in [9.17, 15) is 22.8 Å². The molecule has 1 fully saturated rings. The van der Waals surface area contributed by atoms with Crippen molar-refractivity contribution < 1.29 is 37.0 Å². The van der Waals surface area contributed by atoms with E-state index in [4.69, 9.17) is 9.47 Å². The van der Waals surface area contributed by atoms with Gasteiger partial charge >= 0.3 is 12.4 Å². The molecule has 4 aromatic rings. The molecule has 0 bridgehead atoms. The summed E-state index contributed by atoms with van der Waals surface area (Å²) in [7, 11) is 1.44. The number of amidine groups is 1. The van der Waals surface area contributed by atoms with Gasteiger partial charge in [-0.2, -0.15) is 4.99 Å². The monoisotopic (exact) mass is 654 g/mol. The number of nitrogens with zero attached hydrogens (tertiary/aromatic N) is 5. The third-order valence-corrected chi connectivity index (χ3v) is 7.59. The Labute approximate surface area is 266 Å². The lowest BCUT2D eigenvalue weighted by molar-refractivity contribution is -0.274. The van der Waals surface area contributed by atoms with Gasteiger partial charge in [-0.25, -0.2) is 14.5 Å². The number of alkyl halides is 3. The number of rotatable bonds is 9. The molecule has 1 aromatic heterocycles. The summed E-state index contributed by atoms with van der Waals surface area (Å²) in [6.07, 6.45) is -3.38. The van der Waals surface area contributed by atoms with Crippen molar-refractivity contribution in [3.05, 3.63) is 83.9 Å². The average molecular weight is 655 g/mol. The molecule has 0 unspecified atom stereocenters. The Morgan fingerprint density at radius 1 is 1.09 bits per heavy atom. The molecule has 1 aliphatic heterocycles.